The van der Waals surface area contributed by atoms with Gasteiger partial charge in [-0.1, -0.05) is 33.9 Å². The highest BCUT2D eigenvalue weighted by molar-refractivity contribution is 6.39. The zero-order chi connectivity index (χ0) is 28.0. The Kier molecular flexibility index (Phi) is 7.02. The van der Waals surface area contributed by atoms with Crippen molar-refractivity contribution in [2.45, 2.75) is 39.2 Å². The van der Waals surface area contributed by atoms with Gasteiger partial charge in [0.25, 0.3) is 0 Å². The summed E-state index contributed by atoms with van der Waals surface area (Å²) in [6, 6.07) is 7.74. The van der Waals surface area contributed by atoms with Crippen molar-refractivity contribution in [1.82, 2.24) is 15.1 Å². The molecule has 1 aromatic carbocycles. The van der Waals surface area contributed by atoms with Gasteiger partial charge in [0.1, 0.15) is 18.0 Å². The van der Waals surface area contributed by atoms with Crippen LogP contribution in [-0.4, -0.2) is 46.4 Å². The summed E-state index contributed by atoms with van der Waals surface area (Å²) in [7, 11) is 1.62. The fourth-order valence-electron chi connectivity index (χ4n) is 6.03. The number of carbonyl (C=O) groups is 1. The number of fused-ring (bicyclic) bond motifs is 1. The number of piperidine rings is 1. The minimum Gasteiger partial charge on any atom is -0.477 e. The lowest BCUT2D eigenvalue weighted by molar-refractivity contribution is 0.0691. The van der Waals surface area contributed by atoms with Gasteiger partial charge >= 0.3 is 5.97 Å². The zero-order valence-electron chi connectivity index (χ0n) is 22.2. The van der Waals surface area contributed by atoms with Crippen molar-refractivity contribution in [3.63, 3.8) is 0 Å². The van der Waals surface area contributed by atoms with E-state index in [0.29, 0.717) is 39.2 Å². The predicted molar refractivity (Wildman–Crippen MR) is 155 cm³/mol. The van der Waals surface area contributed by atoms with E-state index in [9.17, 15) is 9.90 Å². The average Bonchev–Trinajstić information content (AvgIpc) is 3.29. The van der Waals surface area contributed by atoms with Gasteiger partial charge in [-0.05, 0) is 73.9 Å². The minimum absolute atomic E-state index is 0.0751. The van der Waals surface area contributed by atoms with Crippen LogP contribution in [0.2, 0.25) is 10.0 Å². The molecule has 4 aromatic rings. The van der Waals surface area contributed by atoms with E-state index in [4.69, 9.17) is 32.5 Å². The Labute approximate surface area is 241 Å². The Balaban J connectivity index is 1.18. The first kappa shape index (κ1) is 26.7. The fraction of sp³-hybridized carbons (Fsp3) is 0.333. The number of carboxylic acids is 1. The number of carboxylic acid groups (broad SMARTS) is 1. The van der Waals surface area contributed by atoms with Gasteiger partial charge < -0.3 is 19.3 Å². The highest BCUT2D eigenvalue weighted by atomic mass is 35.5. The van der Waals surface area contributed by atoms with Crippen LogP contribution in [-0.2, 0) is 11.3 Å². The Hall–Kier alpha value is -3.46. The molecule has 0 radical (unpaired) electrons. The van der Waals surface area contributed by atoms with Crippen molar-refractivity contribution in [3.05, 3.63) is 74.9 Å². The third-order valence-corrected chi connectivity index (χ3v) is 8.70. The number of aryl methyl sites for hydroxylation is 1. The lowest BCUT2D eigenvalue weighted by atomic mass is 9.60. The van der Waals surface area contributed by atoms with E-state index in [-0.39, 0.29) is 11.1 Å². The maximum atomic E-state index is 11.4. The number of aromatic carboxylic acids is 1. The van der Waals surface area contributed by atoms with Gasteiger partial charge in [0.2, 0.25) is 0 Å². The summed E-state index contributed by atoms with van der Waals surface area (Å²) in [6.07, 6.45) is 9.51. The quantitative estimate of drug-likeness (QED) is 0.256. The lowest BCUT2D eigenvalue weighted by Gasteiger charge is -2.50. The molecule has 4 heterocycles. The molecule has 1 saturated heterocycles. The number of aromatic nitrogens is 3. The molecule has 0 amide bonds. The van der Waals surface area contributed by atoms with Crippen LogP contribution in [0.15, 0.2) is 46.8 Å². The standard InChI is InChI=1S/C30H28Cl2N4O4/c1-17-9-25(29(37)38)34-24-4-3-19(11-20(17)24)36-7-5-30(6-8-36)12-18(13-30)10-21-26(16-39-2)40-35-28(21)27-22(31)14-33-15-23(27)32/h3-4,9-11,14-15H,5-8,12-13,16H2,1-2H3,(H,37,38). The van der Waals surface area contributed by atoms with Crippen LogP contribution in [0.5, 0.6) is 0 Å². The van der Waals surface area contributed by atoms with Crippen LogP contribution in [0.1, 0.15) is 53.1 Å². The van der Waals surface area contributed by atoms with Crippen molar-refractivity contribution in [3.8, 4) is 11.3 Å². The molecule has 0 atom stereocenters. The highest BCUT2D eigenvalue weighted by Crippen LogP contribution is 2.53. The summed E-state index contributed by atoms with van der Waals surface area (Å²) in [5.74, 6) is -0.370. The number of hydrogen-bond donors (Lipinski definition) is 1. The Morgan fingerprint density at radius 2 is 1.90 bits per heavy atom. The summed E-state index contributed by atoms with van der Waals surface area (Å²) >= 11 is 12.9. The molecule has 40 heavy (non-hydrogen) atoms. The molecule has 1 N–H and O–H groups in total. The zero-order valence-corrected chi connectivity index (χ0v) is 23.7. The molecule has 2 aliphatic rings. The maximum absolute atomic E-state index is 11.4. The van der Waals surface area contributed by atoms with Gasteiger partial charge in [-0.25, -0.2) is 9.78 Å². The summed E-state index contributed by atoms with van der Waals surface area (Å²) in [5.41, 5.74) is 6.55. The van der Waals surface area contributed by atoms with Gasteiger partial charge in [0.15, 0.2) is 5.76 Å². The molecule has 1 aliphatic heterocycles. The van der Waals surface area contributed by atoms with E-state index >= 15 is 0 Å². The average molecular weight is 579 g/mol. The number of ether oxygens (including phenoxy) is 1. The van der Waals surface area contributed by atoms with Crippen molar-refractivity contribution >= 4 is 51.8 Å². The number of hydrogen-bond acceptors (Lipinski definition) is 7. The Morgan fingerprint density at radius 1 is 1.18 bits per heavy atom. The number of anilines is 1. The third-order valence-electron chi connectivity index (χ3n) is 8.13. The molecule has 206 valence electrons. The molecule has 6 rings (SSSR count). The van der Waals surface area contributed by atoms with Gasteiger partial charge in [0.05, 0.1) is 15.6 Å². The van der Waals surface area contributed by atoms with E-state index < -0.39 is 5.97 Å². The monoisotopic (exact) mass is 578 g/mol. The van der Waals surface area contributed by atoms with Gasteiger partial charge in [0, 0.05) is 54.8 Å². The number of rotatable bonds is 6. The second kappa shape index (κ2) is 10.5. The molecule has 1 saturated carbocycles. The largest absolute Gasteiger partial charge is 0.477 e. The smallest absolute Gasteiger partial charge is 0.354 e. The first-order valence-electron chi connectivity index (χ1n) is 13.1. The van der Waals surface area contributed by atoms with Crippen molar-refractivity contribution in [2.24, 2.45) is 5.41 Å². The molecule has 0 unspecified atom stereocenters. The van der Waals surface area contributed by atoms with Crippen LogP contribution >= 0.6 is 23.2 Å². The number of pyridine rings is 2. The third kappa shape index (κ3) is 4.85. The first-order valence-corrected chi connectivity index (χ1v) is 13.9. The van der Waals surface area contributed by atoms with Crippen LogP contribution < -0.4 is 4.90 Å². The molecule has 1 spiro atoms. The summed E-state index contributed by atoms with van der Waals surface area (Å²) in [6.45, 7) is 4.16. The van der Waals surface area contributed by atoms with Crippen LogP contribution in [0.3, 0.4) is 0 Å². The predicted octanol–water partition coefficient (Wildman–Crippen LogP) is 7.21. The number of nitrogens with zero attached hydrogens (tertiary/aromatic N) is 4. The van der Waals surface area contributed by atoms with Gasteiger partial charge in [-0.15, -0.1) is 0 Å². The number of benzene rings is 1. The van der Waals surface area contributed by atoms with E-state index in [1.54, 1.807) is 25.6 Å². The van der Waals surface area contributed by atoms with Crippen molar-refractivity contribution < 1.29 is 19.2 Å². The Morgan fingerprint density at radius 3 is 2.58 bits per heavy atom. The SMILES string of the molecule is COCc1onc(-c2c(Cl)cncc2Cl)c1C=C1CC2(CCN(c3ccc4nc(C(=O)O)cc(C)c4c3)CC2)C1. The molecule has 3 aromatic heterocycles. The van der Waals surface area contributed by atoms with Gasteiger partial charge in [-0.2, -0.15) is 0 Å². The molecule has 2 fully saturated rings. The number of methoxy groups -OCH3 is 1. The van der Waals surface area contributed by atoms with Crippen LogP contribution in [0.4, 0.5) is 5.69 Å². The van der Waals surface area contributed by atoms with Crippen molar-refractivity contribution in [2.75, 3.05) is 25.1 Å². The highest BCUT2D eigenvalue weighted by Gasteiger charge is 2.43. The van der Waals surface area contributed by atoms with E-state index in [1.165, 1.54) is 5.57 Å². The Bertz CT molecular complexity index is 1630. The molecule has 1 aliphatic carbocycles. The summed E-state index contributed by atoms with van der Waals surface area (Å²) in [5, 5.41) is 15.4. The fourth-order valence-corrected chi connectivity index (χ4v) is 6.58. The lowest BCUT2D eigenvalue weighted by Crippen LogP contribution is -2.44. The second-order valence-corrected chi connectivity index (χ2v) is 11.6. The van der Waals surface area contributed by atoms with E-state index in [2.05, 4.69) is 32.2 Å². The minimum atomic E-state index is -1.01. The molecule has 8 nitrogen and oxygen atoms in total. The first-order chi connectivity index (χ1) is 19.3. The summed E-state index contributed by atoms with van der Waals surface area (Å²) < 4.78 is 11.0. The van der Waals surface area contributed by atoms with Gasteiger partial charge in [-0.3, -0.25) is 4.98 Å². The molecule has 0 bridgehead atoms. The number of halogens is 2. The van der Waals surface area contributed by atoms with Crippen molar-refractivity contribution in [1.29, 1.82) is 0 Å². The maximum Gasteiger partial charge on any atom is 0.354 e. The van der Waals surface area contributed by atoms with E-state index in [0.717, 1.165) is 61.0 Å². The normalized spacial score (nSPS) is 16.4. The molecular formula is C30H28Cl2N4O4. The van der Waals surface area contributed by atoms with E-state index in [1.807, 2.05) is 19.1 Å². The van der Waals surface area contributed by atoms with Crippen LogP contribution in [0, 0.1) is 12.3 Å². The summed E-state index contributed by atoms with van der Waals surface area (Å²) in [4.78, 5) is 22.1. The second-order valence-electron chi connectivity index (χ2n) is 10.8. The topological polar surface area (TPSA) is 102 Å². The van der Waals surface area contributed by atoms with Crippen LogP contribution in [0.25, 0.3) is 28.2 Å². The molecular weight excluding hydrogens is 551 g/mol. The number of allylic oxidation sites excluding steroid dienone is 1. The molecule has 10 heteroatoms.